The molecular weight excluding hydrogens is 480 g/mol. The maximum absolute atomic E-state index is 12.4. The van der Waals surface area contributed by atoms with Crippen LogP contribution in [0.15, 0.2) is 42.7 Å². The van der Waals surface area contributed by atoms with E-state index in [1.54, 1.807) is 63.5 Å². The molecule has 3 rings (SSSR count). The van der Waals surface area contributed by atoms with Crippen LogP contribution in [-0.4, -0.2) is 71.6 Å². The van der Waals surface area contributed by atoms with Crippen molar-refractivity contribution in [2.75, 3.05) is 6.54 Å². The number of carbonyl (C=O) groups excluding carboxylic acids is 2. The quantitative estimate of drug-likeness (QED) is 0.342. The first-order valence-electron chi connectivity index (χ1n) is 11.6. The summed E-state index contributed by atoms with van der Waals surface area (Å²) in [6, 6.07) is 7.25. The number of carboxylic acid groups (broad SMARTS) is 1. The molecule has 194 valence electrons. The Labute approximate surface area is 213 Å². The van der Waals surface area contributed by atoms with Gasteiger partial charge in [0.2, 0.25) is 17.5 Å². The molecule has 2 amide bonds. The van der Waals surface area contributed by atoms with Crippen LogP contribution in [-0.2, 0) is 9.53 Å². The van der Waals surface area contributed by atoms with Crippen molar-refractivity contribution >= 4 is 18.0 Å². The Morgan fingerprint density at radius 2 is 1.54 bits per heavy atom. The summed E-state index contributed by atoms with van der Waals surface area (Å²) in [5, 5.41) is 30.6. The number of nitrogens with one attached hydrogen (secondary N) is 2. The Morgan fingerprint density at radius 3 is 2.14 bits per heavy atom. The van der Waals surface area contributed by atoms with Crippen LogP contribution in [0.25, 0.3) is 23.0 Å². The number of unbranched alkanes of at least 4 members (excludes halogenated alkanes) is 1. The Hall–Kier alpha value is -4.55. The summed E-state index contributed by atoms with van der Waals surface area (Å²) in [6.45, 7) is 5.43. The smallest absolute Gasteiger partial charge is 0.408 e. The van der Waals surface area contributed by atoms with Crippen LogP contribution < -0.4 is 10.6 Å². The minimum absolute atomic E-state index is 0.204. The summed E-state index contributed by atoms with van der Waals surface area (Å²) < 4.78 is 5.10. The van der Waals surface area contributed by atoms with Gasteiger partial charge < -0.3 is 20.5 Å². The summed E-state index contributed by atoms with van der Waals surface area (Å²) in [4.78, 5) is 43.8. The van der Waals surface area contributed by atoms with Crippen molar-refractivity contribution in [3.05, 3.63) is 48.3 Å². The third-order valence-electron chi connectivity index (χ3n) is 4.84. The molecule has 37 heavy (non-hydrogen) atoms. The van der Waals surface area contributed by atoms with Crippen LogP contribution in [0.5, 0.6) is 0 Å². The van der Waals surface area contributed by atoms with Gasteiger partial charge in [0.1, 0.15) is 11.6 Å². The van der Waals surface area contributed by atoms with Crippen LogP contribution in [0.4, 0.5) is 4.79 Å². The lowest BCUT2D eigenvalue weighted by molar-refractivity contribution is -0.139. The summed E-state index contributed by atoms with van der Waals surface area (Å²) in [5.41, 5.74) is 0.349. The van der Waals surface area contributed by atoms with Gasteiger partial charge in [0, 0.05) is 30.1 Å². The van der Waals surface area contributed by atoms with E-state index in [1.165, 1.54) is 0 Å². The summed E-state index contributed by atoms with van der Waals surface area (Å²) in [7, 11) is 0. The molecule has 0 saturated heterocycles. The predicted molar refractivity (Wildman–Crippen MR) is 131 cm³/mol. The lowest BCUT2D eigenvalue weighted by atomic mass is 10.1. The molecule has 1 aromatic carbocycles. The zero-order chi connectivity index (χ0) is 26.8. The third kappa shape index (κ3) is 8.56. The molecule has 3 aromatic rings. The lowest BCUT2D eigenvalue weighted by Gasteiger charge is -2.22. The Morgan fingerprint density at radius 1 is 0.919 bits per heavy atom. The number of hydrogen-bond acceptors (Lipinski definition) is 10. The number of ether oxygens (including phenoxy) is 1. The average Bonchev–Trinajstić information content (AvgIpc) is 2.87. The largest absolute Gasteiger partial charge is 0.480 e. The normalized spacial score (nSPS) is 11.9. The number of rotatable bonds is 10. The van der Waals surface area contributed by atoms with E-state index in [0.717, 1.165) is 0 Å². The van der Waals surface area contributed by atoms with E-state index in [0.29, 0.717) is 42.2 Å². The minimum atomic E-state index is -1.15. The van der Waals surface area contributed by atoms with E-state index in [4.69, 9.17) is 4.74 Å². The van der Waals surface area contributed by atoms with E-state index in [9.17, 15) is 19.5 Å². The molecule has 1 atom stereocenters. The van der Waals surface area contributed by atoms with Crippen LogP contribution in [0.1, 0.15) is 50.4 Å². The van der Waals surface area contributed by atoms with Gasteiger partial charge in [-0.1, -0.05) is 12.1 Å². The Kier molecular flexibility index (Phi) is 9.08. The first-order valence-corrected chi connectivity index (χ1v) is 11.6. The highest BCUT2D eigenvalue weighted by molar-refractivity contribution is 5.94. The second-order valence-corrected chi connectivity index (χ2v) is 8.99. The average molecular weight is 509 g/mol. The molecule has 0 radical (unpaired) electrons. The number of carboxylic acids is 1. The van der Waals surface area contributed by atoms with Gasteiger partial charge in [-0.2, -0.15) is 0 Å². The molecule has 0 unspecified atom stereocenters. The number of nitrogens with zero attached hydrogens (tertiary/aromatic N) is 6. The van der Waals surface area contributed by atoms with E-state index in [1.807, 2.05) is 0 Å². The van der Waals surface area contributed by atoms with Crippen molar-refractivity contribution in [1.82, 2.24) is 41.0 Å². The fraction of sp³-hybridized carbons (Fsp3) is 0.375. The molecule has 0 aliphatic carbocycles. The number of alkyl carbamates (subject to hydrolysis) is 1. The van der Waals surface area contributed by atoms with E-state index >= 15 is 0 Å². The van der Waals surface area contributed by atoms with Gasteiger partial charge in [0.15, 0.2) is 0 Å². The molecule has 2 heterocycles. The maximum atomic E-state index is 12.4. The topological polar surface area (TPSA) is 182 Å². The molecule has 0 spiro atoms. The summed E-state index contributed by atoms with van der Waals surface area (Å²) >= 11 is 0. The van der Waals surface area contributed by atoms with Crippen LogP contribution in [0, 0.1) is 0 Å². The molecule has 0 bridgehead atoms. The molecule has 0 aliphatic rings. The SMILES string of the molecule is CC(C)(C)OC(=O)N[C@@H](CCCCNC(=O)c1ccc(-c2nnc(-c3ncccn3)nn2)cc1)C(=O)O. The highest BCUT2D eigenvalue weighted by atomic mass is 16.6. The third-order valence-corrected chi connectivity index (χ3v) is 4.84. The lowest BCUT2D eigenvalue weighted by Crippen LogP contribution is -2.43. The first kappa shape index (κ1) is 27.0. The molecule has 0 aliphatic heterocycles. The van der Waals surface area contributed by atoms with Crippen molar-refractivity contribution in [2.45, 2.75) is 51.7 Å². The van der Waals surface area contributed by atoms with Crippen molar-refractivity contribution in [3.63, 3.8) is 0 Å². The maximum Gasteiger partial charge on any atom is 0.408 e. The minimum Gasteiger partial charge on any atom is -0.480 e. The number of aromatic nitrogens is 6. The van der Waals surface area contributed by atoms with E-state index in [2.05, 4.69) is 41.0 Å². The second-order valence-electron chi connectivity index (χ2n) is 8.99. The second kappa shape index (κ2) is 12.4. The molecule has 13 nitrogen and oxygen atoms in total. The Balaban J connectivity index is 1.44. The summed E-state index contributed by atoms with van der Waals surface area (Å²) in [6.07, 6.45) is 3.57. The number of amides is 2. The predicted octanol–water partition coefficient (Wildman–Crippen LogP) is 2.27. The number of aliphatic carboxylic acids is 1. The summed E-state index contributed by atoms with van der Waals surface area (Å²) in [5.74, 6) is -0.608. The molecule has 0 saturated carbocycles. The molecular formula is C24H28N8O5. The fourth-order valence-corrected chi connectivity index (χ4v) is 3.10. The zero-order valence-corrected chi connectivity index (χ0v) is 20.7. The van der Waals surface area contributed by atoms with E-state index < -0.39 is 23.7 Å². The van der Waals surface area contributed by atoms with Crippen molar-refractivity contribution < 1.29 is 24.2 Å². The van der Waals surface area contributed by atoms with Crippen molar-refractivity contribution in [2.24, 2.45) is 0 Å². The number of hydrogen-bond donors (Lipinski definition) is 3. The van der Waals surface area contributed by atoms with Gasteiger partial charge in [-0.05, 0) is 58.2 Å². The van der Waals surface area contributed by atoms with Gasteiger partial charge >= 0.3 is 12.1 Å². The van der Waals surface area contributed by atoms with Gasteiger partial charge in [-0.15, -0.1) is 20.4 Å². The monoisotopic (exact) mass is 508 g/mol. The van der Waals surface area contributed by atoms with Gasteiger partial charge in [0.05, 0.1) is 0 Å². The van der Waals surface area contributed by atoms with Crippen LogP contribution in [0.2, 0.25) is 0 Å². The van der Waals surface area contributed by atoms with Crippen LogP contribution >= 0.6 is 0 Å². The van der Waals surface area contributed by atoms with E-state index in [-0.39, 0.29) is 18.2 Å². The number of benzene rings is 1. The molecule has 2 aromatic heterocycles. The van der Waals surface area contributed by atoms with Gasteiger partial charge in [-0.25, -0.2) is 19.6 Å². The van der Waals surface area contributed by atoms with Crippen molar-refractivity contribution in [1.29, 1.82) is 0 Å². The van der Waals surface area contributed by atoms with Gasteiger partial charge in [-0.3, -0.25) is 4.79 Å². The highest BCUT2D eigenvalue weighted by Crippen LogP contribution is 2.15. The first-order chi connectivity index (χ1) is 17.6. The highest BCUT2D eigenvalue weighted by Gasteiger charge is 2.23. The number of carbonyl (C=O) groups is 3. The Bertz CT molecular complexity index is 1200. The standard InChI is InChI=1S/C24H28N8O5/c1-24(2,3)37-23(36)28-17(22(34)35)7-4-5-12-27-21(33)16-10-8-15(9-11-16)18-29-31-20(32-30-18)19-25-13-6-14-26-19/h6,8-11,13-14,17H,4-5,7,12H2,1-3H3,(H,27,33)(H,28,36)(H,34,35)/t17-/m0/s1. The van der Waals surface area contributed by atoms with Crippen LogP contribution in [0.3, 0.4) is 0 Å². The van der Waals surface area contributed by atoms with Crippen molar-refractivity contribution in [3.8, 4) is 23.0 Å². The molecule has 13 heteroatoms. The fourth-order valence-electron chi connectivity index (χ4n) is 3.10. The zero-order valence-electron chi connectivity index (χ0n) is 20.7. The molecule has 3 N–H and O–H groups in total. The molecule has 0 fully saturated rings. The van der Waals surface area contributed by atoms with Gasteiger partial charge in [0.25, 0.3) is 5.91 Å².